The Morgan fingerprint density at radius 1 is 1.50 bits per heavy atom. The van der Waals surface area contributed by atoms with Gasteiger partial charge in [0.25, 0.3) is 0 Å². The summed E-state index contributed by atoms with van der Waals surface area (Å²) in [6.45, 7) is 4.02. The average molecular weight is 222 g/mol. The molecule has 0 spiro atoms. The average Bonchev–Trinajstić information content (AvgIpc) is 2.54. The van der Waals surface area contributed by atoms with Gasteiger partial charge in [-0.05, 0) is 33.1 Å². The second-order valence-electron chi connectivity index (χ2n) is 5.11. The summed E-state index contributed by atoms with van der Waals surface area (Å²) in [4.78, 5) is 23.5. The van der Waals surface area contributed by atoms with E-state index in [1.54, 1.807) is 0 Å². The zero-order valence-corrected chi connectivity index (χ0v) is 9.91. The predicted octanol–water partition coefficient (Wildman–Crippen LogP) is 2.40. The Morgan fingerprint density at radius 2 is 2.25 bits per heavy atom. The third-order valence-corrected chi connectivity index (χ3v) is 3.65. The lowest BCUT2D eigenvalue weighted by Gasteiger charge is -2.34. The molecule has 16 heavy (non-hydrogen) atoms. The Bertz CT molecular complexity index is 352. The first-order valence-corrected chi connectivity index (χ1v) is 5.91. The van der Waals surface area contributed by atoms with Crippen molar-refractivity contribution in [2.75, 3.05) is 0 Å². The molecule has 0 aromatic heterocycles. The molecule has 1 aliphatic carbocycles. The van der Waals surface area contributed by atoms with Crippen LogP contribution >= 0.6 is 0 Å². The molecular weight excluding hydrogens is 204 g/mol. The number of hydrogen-bond donors (Lipinski definition) is 0. The third-order valence-electron chi connectivity index (χ3n) is 3.65. The topological polar surface area (TPSA) is 43.4 Å². The molecule has 0 aromatic rings. The number of hydrogen-bond acceptors (Lipinski definition) is 3. The SMILES string of the molecule is CC(C)=CC[C@@]12CC(=O)O[C@H]1CCCC2=O. The van der Waals surface area contributed by atoms with Gasteiger partial charge in [-0.2, -0.15) is 0 Å². The number of carbonyl (C=O) groups excluding carboxylic acids is 2. The van der Waals surface area contributed by atoms with Gasteiger partial charge >= 0.3 is 5.97 Å². The summed E-state index contributed by atoms with van der Waals surface area (Å²) in [5, 5.41) is 0. The number of ketones is 1. The number of rotatable bonds is 2. The smallest absolute Gasteiger partial charge is 0.307 e. The first-order chi connectivity index (χ1) is 7.54. The molecule has 2 fully saturated rings. The van der Waals surface area contributed by atoms with Crippen molar-refractivity contribution in [2.24, 2.45) is 5.41 Å². The first-order valence-electron chi connectivity index (χ1n) is 5.91. The van der Waals surface area contributed by atoms with E-state index >= 15 is 0 Å². The van der Waals surface area contributed by atoms with E-state index in [0.717, 1.165) is 12.8 Å². The molecule has 3 heteroatoms. The van der Waals surface area contributed by atoms with Crippen LogP contribution in [0.2, 0.25) is 0 Å². The molecule has 1 saturated carbocycles. The molecular formula is C13H18O3. The largest absolute Gasteiger partial charge is 0.461 e. The fraction of sp³-hybridized carbons (Fsp3) is 0.692. The van der Waals surface area contributed by atoms with Gasteiger partial charge in [0, 0.05) is 6.42 Å². The monoisotopic (exact) mass is 222 g/mol. The summed E-state index contributed by atoms with van der Waals surface area (Å²) in [5.74, 6) is 0.00880. The standard InChI is InChI=1S/C13H18O3/c1-9(2)6-7-13-8-12(15)16-11(13)5-3-4-10(13)14/h6,11H,3-5,7-8H2,1-2H3/t11-,13-/m0/s1. The van der Waals surface area contributed by atoms with E-state index in [1.807, 2.05) is 13.8 Å². The van der Waals surface area contributed by atoms with Gasteiger partial charge in [-0.3, -0.25) is 9.59 Å². The summed E-state index contributed by atoms with van der Waals surface area (Å²) in [5.41, 5.74) is 0.651. The molecule has 0 amide bonds. The maximum atomic E-state index is 12.1. The minimum atomic E-state index is -0.535. The van der Waals surface area contributed by atoms with Crippen molar-refractivity contribution >= 4 is 11.8 Å². The van der Waals surface area contributed by atoms with Crippen molar-refractivity contribution in [3.8, 4) is 0 Å². The molecule has 2 rings (SSSR count). The number of esters is 1. The fourth-order valence-corrected chi connectivity index (χ4v) is 2.70. The second kappa shape index (κ2) is 4.04. The Morgan fingerprint density at radius 3 is 2.94 bits per heavy atom. The van der Waals surface area contributed by atoms with Gasteiger partial charge < -0.3 is 4.74 Å². The zero-order valence-electron chi connectivity index (χ0n) is 9.91. The highest BCUT2D eigenvalue weighted by atomic mass is 16.6. The predicted molar refractivity (Wildman–Crippen MR) is 59.8 cm³/mol. The number of allylic oxidation sites excluding steroid dienone is 2. The molecule has 2 aliphatic rings. The minimum absolute atomic E-state index is 0.170. The van der Waals surface area contributed by atoms with Crippen LogP contribution in [0.15, 0.2) is 11.6 Å². The molecule has 3 nitrogen and oxygen atoms in total. The molecule has 0 aromatic carbocycles. The van der Waals surface area contributed by atoms with Crippen LogP contribution in [0, 0.1) is 5.41 Å². The molecule has 1 aliphatic heterocycles. The van der Waals surface area contributed by atoms with Crippen LogP contribution in [0.1, 0.15) is 46.0 Å². The van der Waals surface area contributed by atoms with Crippen molar-refractivity contribution in [2.45, 2.75) is 52.1 Å². The molecule has 88 valence electrons. The van der Waals surface area contributed by atoms with Crippen LogP contribution < -0.4 is 0 Å². The van der Waals surface area contributed by atoms with E-state index in [2.05, 4.69) is 6.08 Å². The Balaban J connectivity index is 2.27. The molecule has 2 atom stereocenters. The lowest BCUT2D eigenvalue weighted by molar-refractivity contribution is -0.144. The van der Waals surface area contributed by atoms with E-state index in [4.69, 9.17) is 4.74 Å². The fourth-order valence-electron chi connectivity index (χ4n) is 2.70. The van der Waals surface area contributed by atoms with Crippen LogP contribution in [0.3, 0.4) is 0 Å². The highest BCUT2D eigenvalue weighted by Crippen LogP contribution is 2.46. The van der Waals surface area contributed by atoms with E-state index in [1.165, 1.54) is 5.57 Å². The highest BCUT2D eigenvalue weighted by molar-refractivity contribution is 5.92. The van der Waals surface area contributed by atoms with Crippen LogP contribution in [-0.2, 0) is 14.3 Å². The molecule has 0 unspecified atom stereocenters. The van der Waals surface area contributed by atoms with Gasteiger partial charge in [-0.15, -0.1) is 0 Å². The van der Waals surface area contributed by atoms with Crippen molar-refractivity contribution < 1.29 is 14.3 Å². The quantitative estimate of drug-likeness (QED) is 0.532. The van der Waals surface area contributed by atoms with Crippen LogP contribution in [0.4, 0.5) is 0 Å². The van der Waals surface area contributed by atoms with Gasteiger partial charge in [0.2, 0.25) is 0 Å². The molecule has 0 radical (unpaired) electrons. The normalized spacial score (nSPS) is 33.2. The Hall–Kier alpha value is -1.12. The van der Waals surface area contributed by atoms with Gasteiger partial charge in [-0.25, -0.2) is 0 Å². The lowest BCUT2D eigenvalue weighted by Crippen LogP contribution is -2.42. The number of Topliss-reactive ketones (excluding diaryl/α,β-unsaturated/α-hetero) is 1. The van der Waals surface area contributed by atoms with Gasteiger partial charge in [0.1, 0.15) is 11.9 Å². The number of ether oxygens (including phenoxy) is 1. The molecule has 0 N–H and O–H groups in total. The van der Waals surface area contributed by atoms with Crippen molar-refractivity contribution in [1.82, 2.24) is 0 Å². The van der Waals surface area contributed by atoms with Crippen LogP contribution in [0.25, 0.3) is 0 Å². The second-order valence-corrected chi connectivity index (χ2v) is 5.11. The Kier molecular flexibility index (Phi) is 2.87. The summed E-state index contributed by atoms with van der Waals surface area (Å²) in [6.07, 6.45) is 5.12. The first kappa shape index (κ1) is 11.4. The Labute approximate surface area is 95.9 Å². The van der Waals surface area contributed by atoms with E-state index in [-0.39, 0.29) is 24.3 Å². The minimum Gasteiger partial charge on any atom is -0.461 e. The van der Waals surface area contributed by atoms with Gasteiger partial charge in [-0.1, -0.05) is 11.6 Å². The van der Waals surface area contributed by atoms with Crippen LogP contribution in [-0.4, -0.2) is 17.9 Å². The van der Waals surface area contributed by atoms with E-state index in [0.29, 0.717) is 12.8 Å². The van der Waals surface area contributed by atoms with Crippen molar-refractivity contribution in [3.63, 3.8) is 0 Å². The number of carbonyl (C=O) groups is 2. The van der Waals surface area contributed by atoms with Crippen molar-refractivity contribution in [1.29, 1.82) is 0 Å². The van der Waals surface area contributed by atoms with Crippen LogP contribution in [0.5, 0.6) is 0 Å². The molecule has 0 bridgehead atoms. The number of fused-ring (bicyclic) bond motifs is 1. The summed E-state index contributed by atoms with van der Waals surface area (Å²) in [6, 6.07) is 0. The van der Waals surface area contributed by atoms with Crippen molar-refractivity contribution in [3.05, 3.63) is 11.6 Å². The van der Waals surface area contributed by atoms with Gasteiger partial charge in [0.05, 0.1) is 11.8 Å². The maximum absolute atomic E-state index is 12.1. The zero-order chi connectivity index (χ0) is 11.8. The van der Waals surface area contributed by atoms with E-state index < -0.39 is 5.41 Å². The molecule has 1 heterocycles. The molecule has 1 saturated heterocycles. The summed E-state index contributed by atoms with van der Waals surface area (Å²) in [7, 11) is 0. The third kappa shape index (κ3) is 1.79. The van der Waals surface area contributed by atoms with E-state index in [9.17, 15) is 9.59 Å². The highest BCUT2D eigenvalue weighted by Gasteiger charge is 2.54. The summed E-state index contributed by atoms with van der Waals surface area (Å²) >= 11 is 0. The maximum Gasteiger partial charge on any atom is 0.307 e. The lowest BCUT2D eigenvalue weighted by atomic mass is 9.68. The summed E-state index contributed by atoms with van der Waals surface area (Å²) < 4.78 is 5.28. The van der Waals surface area contributed by atoms with Gasteiger partial charge in [0.15, 0.2) is 0 Å².